The highest BCUT2D eigenvalue weighted by atomic mass is 35.5. The predicted molar refractivity (Wildman–Crippen MR) is 119 cm³/mol. The number of ether oxygens (including phenoxy) is 2. The van der Waals surface area contributed by atoms with E-state index in [4.69, 9.17) is 21.1 Å². The average molecular weight is 458 g/mol. The summed E-state index contributed by atoms with van der Waals surface area (Å²) in [4.78, 5) is 23.7. The summed E-state index contributed by atoms with van der Waals surface area (Å²) in [6, 6.07) is 8.82. The summed E-state index contributed by atoms with van der Waals surface area (Å²) in [6.45, 7) is 3.65. The Morgan fingerprint density at radius 3 is 2.55 bits per heavy atom. The fraction of sp³-hybridized carbons (Fsp3) is 0.150. The Morgan fingerprint density at radius 2 is 1.87 bits per heavy atom. The molecule has 0 saturated heterocycles. The molecule has 4 rings (SSSR count). The zero-order valence-electron chi connectivity index (χ0n) is 16.7. The van der Waals surface area contributed by atoms with Gasteiger partial charge in [-0.2, -0.15) is 4.98 Å². The van der Waals surface area contributed by atoms with Gasteiger partial charge in [0, 0.05) is 5.02 Å². The zero-order chi connectivity index (χ0) is 22.1. The van der Waals surface area contributed by atoms with Gasteiger partial charge in [0.15, 0.2) is 5.13 Å². The minimum atomic E-state index is -0.594. The lowest BCUT2D eigenvalue weighted by molar-refractivity contribution is -0.385. The normalized spacial score (nSPS) is 10.8. The van der Waals surface area contributed by atoms with E-state index in [1.165, 1.54) is 17.7 Å². The van der Waals surface area contributed by atoms with Crippen molar-refractivity contribution in [3.63, 3.8) is 0 Å². The first-order valence-corrected chi connectivity index (χ1v) is 10.2. The van der Waals surface area contributed by atoms with Gasteiger partial charge in [-0.15, -0.1) is 0 Å². The van der Waals surface area contributed by atoms with Gasteiger partial charge in [0.05, 0.1) is 22.2 Å². The number of nitrogens with one attached hydrogen (secondary N) is 1. The summed E-state index contributed by atoms with van der Waals surface area (Å²) in [7, 11) is 1.58. The van der Waals surface area contributed by atoms with Gasteiger partial charge in [0.2, 0.25) is 5.82 Å². The Morgan fingerprint density at radius 1 is 1.13 bits per heavy atom. The van der Waals surface area contributed by atoms with E-state index >= 15 is 0 Å². The van der Waals surface area contributed by atoms with Crippen molar-refractivity contribution in [3.8, 4) is 17.4 Å². The van der Waals surface area contributed by atoms with E-state index in [-0.39, 0.29) is 11.7 Å². The number of nitrogens with zero attached hydrogens (tertiary/aromatic N) is 4. The molecule has 31 heavy (non-hydrogen) atoms. The molecule has 2 aromatic carbocycles. The first-order chi connectivity index (χ1) is 14.9. The van der Waals surface area contributed by atoms with Gasteiger partial charge >= 0.3 is 11.6 Å². The third kappa shape index (κ3) is 4.21. The molecule has 9 nitrogen and oxygen atoms in total. The Balaban J connectivity index is 1.70. The highest BCUT2D eigenvalue weighted by molar-refractivity contribution is 7.22. The SMILES string of the molecule is COc1ccc2nc(Nc3ncnc(Oc4cc(C)c(Cl)c(C)c4)c3[N+](=O)[O-])sc2c1. The van der Waals surface area contributed by atoms with Crippen molar-refractivity contribution in [2.75, 3.05) is 12.4 Å². The van der Waals surface area contributed by atoms with E-state index < -0.39 is 10.6 Å². The maximum absolute atomic E-state index is 11.8. The Hall–Kier alpha value is -3.50. The minimum absolute atomic E-state index is 0.0246. The second-order valence-corrected chi connectivity index (χ2v) is 7.99. The highest BCUT2D eigenvalue weighted by Gasteiger charge is 2.26. The lowest BCUT2D eigenvalue weighted by Gasteiger charge is -2.10. The number of thiazole rings is 1. The first-order valence-electron chi connectivity index (χ1n) is 9.01. The van der Waals surface area contributed by atoms with Gasteiger partial charge in [-0.1, -0.05) is 22.9 Å². The monoisotopic (exact) mass is 457 g/mol. The van der Waals surface area contributed by atoms with Crippen LogP contribution in [0.1, 0.15) is 11.1 Å². The van der Waals surface area contributed by atoms with Crippen LogP contribution in [0.2, 0.25) is 5.02 Å². The third-order valence-corrected chi connectivity index (χ3v) is 5.95. The molecular weight excluding hydrogens is 442 g/mol. The molecule has 0 aliphatic carbocycles. The quantitative estimate of drug-likeness (QED) is 0.285. The Kier molecular flexibility index (Phi) is 5.57. The van der Waals surface area contributed by atoms with Crippen molar-refractivity contribution in [3.05, 3.63) is 62.9 Å². The molecule has 0 atom stereocenters. The summed E-state index contributed by atoms with van der Waals surface area (Å²) in [5.41, 5.74) is 1.91. The van der Waals surface area contributed by atoms with Gasteiger partial charge in [0.1, 0.15) is 17.8 Å². The number of halogens is 1. The number of methoxy groups -OCH3 is 1. The van der Waals surface area contributed by atoms with Crippen LogP contribution in [0.4, 0.5) is 16.6 Å². The second kappa shape index (κ2) is 8.32. The van der Waals surface area contributed by atoms with E-state index in [1.54, 1.807) is 25.3 Å². The molecule has 0 aliphatic heterocycles. The van der Waals surface area contributed by atoms with Crippen LogP contribution in [0.3, 0.4) is 0 Å². The topological polar surface area (TPSA) is 112 Å². The lowest BCUT2D eigenvalue weighted by atomic mass is 10.1. The molecule has 0 saturated carbocycles. The molecule has 2 heterocycles. The molecule has 0 amide bonds. The molecule has 1 N–H and O–H groups in total. The maximum atomic E-state index is 11.8. The predicted octanol–water partition coefficient (Wildman–Crippen LogP) is 5.81. The van der Waals surface area contributed by atoms with Crippen LogP contribution in [0.25, 0.3) is 10.2 Å². The number of fused-ring (bicyclic) bond motifs is 1. The zero-order valence-corrected chi connectivity index (χ0v) is 18.2. The fourth-order valence-electron chi connectivity index (χ4n) is 2.96. The molecular formula is C20H16ClN5O4S. The lowest BCUT2D eigenvalue weighted by Crippen LogP contribution is -2.03. The van der Waals surface area contributed by atoms with Gasteiger partial charge in [-0.3, -0.25) is 10.1 Å². The summed E-state index contributed by atoms with van der Waals surface area (Å²) in [6.07, 6.45) is 1.19. The summed E-state index contributed by atoms with van der Waals surface area (Å²) in [5.74, 6) is 0.869. The van der Waals surface area contributed by atoms with Gasteiger partial charge in [-0.05, 0) is 55.3 Å². The van der Waals surface area contributed by atoms with E-state index in [2.05, 4.69) is 20.3 Å². The first kappa shape index (κ1) is 20.8. The summed E-state index contributed by atoms with van der Waals surface area (Å²) >= 11 is 7.51. The molecule has 4 aromatic rings. The average Bonchev–Trinajstić information content (AvgIpc) is 3.13. The van der Waals surface area contributed by atoms with Crippen molar-refractivity contribution in [1.29, 1.82) is 0 Å². The number of aryl methyl sites for hydroxylation is 2. The number of benzene rings is 2. The van der Waals surface area contributed by atoms with Crippen molar-refractivity contribution in [2.45, 2.75) is 13.8 Å². The van der Waals surface area contributed by atoms with Crippen LogP contribution in [-0.4, -0.2) is 27.0 Å². The van der Waals surface area contributed by atoms with Crippen molar-refractivity contribution < 1.29 is 14.4 Å². The molecule has 0 aliphatic rings. The molecule has 2 aromatic heterocycles. The van der Waals surface area contributed by atoms with E-state index in [0.717, 1.165) is 21.3 Å². The van der Waals surface area contributed by atoms with E-state index in [9.17, 15) is 10.1 Å². The van der Waals surface area contributed by atoms with Crippen LogP contribution < -0.4 is 14.8 Å². The number of anilines is 2. The maximum Gasteiger partial charge on any atom is 0.373 e. The van der Waals surface area contributed by atoms with Crippen LogP contribution in [-0.2, 0) is 0 Å². The molecule has 11 heteroatoms. The van der Waals surface area contributed by atoms with Gasteiger partial charge in [0.25, 0.3) is 0 Å². The fourth-order valence-corrected chi connectivity index (χ4v) is 3.96. The minimum Gasteiger partial charge on any atom is -0.497 e. The molecule has 0 radical (unpaired) electrons. The third-order valence-electron chi connectivity index (χ3n) is 4.42. The smallest absolute Gasteiger partial charge is 0.373 e. The molecule has 0 spiro atoms. The molecule has 0 bridgehead atoms. The highest BCUT2D eigenvalue weighted by Crippen LogP contribution is 2.38. The van der Waals surface area contributed by atoms with Crippen LogP contribution in [0.5, 0.6) is 17.4 Å². The van der Waals surface area contributed by atoms with Crippen molar-refractivity contribution in [2.24, 2.45) is 0 Å². The van der Waals surface area contributed by atoms with Crippen molar-refractivity contribution >= 4 is 49.8 Å². The van der Waals surface area contributed by atoms with Crippen LogP contribution >= 0.6 is 22.9 Å². The van der Waals surface area contributed by atoms with Crippen LogP contribution in [0.15, 0.2) is 36.7 Å². The van der Waals surface area contributed by atoms with Crippen molar-refractivity contribution in [1.82, 2.24) is 15.0 Å². The number of nitro groups is 1. The van der Waals surface area contributed by atoms with Gasteiger partial charge in [-0.25, -0.2) is 9.97 Å². The largest absolute Gasteiger partial charge is 0.497 e. The summed E-state index contributed by atoms with van der Waals surface area (Å²) < 4.78 is 11.8. The second-order valence-electron chi connectivity index (χ2n) is 6.58. The van der Waals surface area contributed by atoms with Crippen LogP contribution in [0, 0.1) is 24.0 Å². The summed E-state index contributed by atoms with van der Waals surface area (Å²) in [5, 5.41) is 15.8. The number of hydrogen-bond acceptors (Lipinski definition) is 9. The standard InChI is InChI=1S/C20H16ClN5O4S/c1-10-6-13(7-11(2)16(10)21)30-19-17(26(27)28)18(22-9-23-19)25-20-24-14-5-4-12(29-3)8-15(14)31-20/h4-9H,1-3H3,(H,22,23,24,25). The molecule has 0 fully saturated rings. The number of aromatic nitrogens is 3. The van der Waals surface area contributed by atoms with Gasteiger partial charge < -0.3 is 14.8 Å². The van der Waals surface area contributed by atoms with E-state index in [1.807, 2.05) is 26.0 Å². The van der Waals surface area contributed by atoms with E-state index in [0.29, 0.717) is 21.7 Å². The Bertz CT molecular complexity index is 1290. The number of hydrogen-bond donors (Lipinski definition) is 1. The Labute approximate surface area is 185 Å². The number of rotatable bonds is 6. The molecule has 158 valence electrons. The molecule has 0 unspecified atom stereocenters.